The van der Waals surface area contributed by atoms with Crippen LogP contribution in [0.2, 0.25) is 10.0 Å². The van der Waals surface area contributed by atoms with Crippen LogP contribution >= 0.6 is 23.2 Å². The van der Waals surface area contributed by atoms with Crippen molar-refractivity contribution in [2.45, 2.75) is 38.1 Å². The lowest BCUT2D eigenvalue weighted by Crippen LogP contribution is -2.42. The van der Waals surface area contributed by atoms with Crippen LogP contribution in [0.1, 0.15) is 45.9 Å². The van der Waals surface area contributed by atoms with E-state index in [-0.39, 0.29) is 17.7 Å². The monoisotopic (exact) mass is 499 g/mol. The van der Waals surface area contributed by atoms with Gasteiger partial charge in [-0.25, -0.2) is 4.79 Å². The summed E-state index contributed by atoms with van der Waals surface area (Å²) in [5, 5.41) is 10.5. The number of methoxy groups -OCH3 is 1. The van der Waals surface area contributed by atoms with Gasteiger partial charge in [0.05, 0.1) is 31.4 Å². The zero-order valence-corrected chi connectivity index (χ0v) is 20.4. The van der Waals surface area contributed by atoms with E-state index < -0.39 is 5.97 Å². The molecule has 3 aromatic carbocycles. The summed E-state index contributed by atoms with van der Waals surface area (Å²) in [4.78, 5) is 13.8. The van der Waals surface area contributed by atoms with Gasteiger partial charge in [-0.1, -0.05) is 59.6 Å². The van der Waals surface area contributed by atoms with Crippen molar-refractivity contribution >= 4 is 29.2 Å². The largest absolute Gasteiger partial charge is 0.496 e. The molecule has 0 bridgehead atoms. The molecule has 0 aromatic heterocycles. The van der Waals surface area contributed by atoms with E-state index in [1.165, 1.54) is 5.56 Å². The highest BCUT2D eigenvalue weighted by molar-refractivity contribution is 6.34. The minimum Gasteiger partial charge on any atom is -0.496 e. The second-order valence-corrected chi connectivity index (χ2v) is 9.30. The average Bonchev–Trinajstić information content (AvgIpc) is 2.83. The first-order valence-corrected chi connectivity index (χ1v) is 12.0. The fraction of sp³-hybridized carbons (Fsp3) is 0.296. The molecule has 1 aliphatic heterocycles. The summed E-state index contributed by atoms with van der Waals surface area (Å²) in [5.41, 5.74) is 3.26. The predicted octanol–water partition coefficient (Wildman–Crippen LogP) is 6.62. The van der Waals surface area contributed by atoms with Gasteiger partial charge in [0.25, 0.3) is 0 Å². The lowest BCUT2D eigenvalue weighted by molar-refractivity contribution is -0.0554. The SMILES string of the molecule is COc1cc(C(=O)O)ccc1CN1CCC[C@H](OCc2cc(Cl)cc(Cl)c2)[C@@H]1c1ccccc1. The Balaban J connectivity index is 1.59. The lowest BCUT2D eigenvalue weighted by atomic mass is 9.91. The van der Waals surface area contributed by atoms with Crippen LogP contribution in [0.5, 0.6) is 5.75 Å². The molecular weight excluding hydrogens is 473 g/mol. The van der Waals surface area contributed by atoms with E-state index in [2.05, 4.69) is 17.0 Å². The summed E-state index contributed by atoms with van der Waals surface area (Å²) in [5.74, 6) is -0.400. The van der Waals surface area contributed by atoms with Crippen LogP contribution in [0, 0.1) is 0 Å². The molecule has 1 N–H and O–H groups in total. The van der Waals surface area contributed by atoms with Gasteiger partial charge in [-0.2, -0.15) is 0 Å². The Morgan fingerprint density at radius 1 is 1.06 bits per heavy atom. The van der Waals surface area contributed by atoms with E-state index in [4.69, 9.17) is 32.7 Å². The number of carboxylic acid groups (broad SMARTS) is 1. The number of hydrogen-bond donors (Lipinski definition) is 1. The van der Waals surface area contributed by atoms with Crippen molar-refractivity contribution in [3.8, 4) is 5.75 Å². The van der Waals surface area contributed by atoms with Crippen molar-refractivity contribution in [3.05, 3.63) is 99.0 Å². The summed E-state index contributed by atoms with van der Waals surface area (Å²) < 4.78 is 12.0. The van der Waals surface area contributed by atoms with Crippen LogP contribution in [0.4, 0.5) is 0 Å². The fourth-order valence-corrected chi connectivity index (χ4v) is 5.15. The zero-order valence-electron chi connectivity index (χ0n) is 18.9. The van der Waals surface area contributed by atoms with Crippen molar-refractivity contribution in [2.24, 2.45) is 0 Å². The third-order valence-corrected chi connectivity index (χ3v) is 6.55. The number of piperidine rings is 1. The lowest BCUT2D eigenvalue weighted by Gasteiger charge is -2.41. The Morgan fingerprint density at radius 2 is 1.79 bits per heavy atom. The third kappa shape index (κ3) is 5.91. The molecule has 0 saturated carbocycles. The Morgan fingerprint density at radius 3 is 2.47 bits per heavy atom. The second-order valence-electron chi connectivity index (χ2n) is 8.43. The summed E-state index contributed by atoms with van der Waals surface area (Å²) in [6, 6.07) is 20.9. The standard InChI is InChI=1S/C27H27Cl2NO4/c1-33-25-14-20(27(31)32)9-10-21(25)16-30-11-5-8-24(26(30)19-6-3-2-4-7-19)34-17-18-12-22(28)15-23(29)13-18/h2-4,6-7,9-10,12-15,24,26H,5,8,11,16-17H2,1H3,(H,31,32)/t24-,26-/m0/s1. The van der Waals surface area contributed by atoms with Crippen LogP contribution in [0.15, 0.2) is 66.7 Å². The Labute approximate surface area is 209 Å². The van der Waals surface area contributed by atoms with E-state index in [1.807, 2.05) is 36.4 Å². The molecule has 5 nitrogen and oxygen atoms in total. The van der Waals surface area contributed by atoms with Crippen molar-refractivity contribution in [3.63, 3.8) is 0 Å². The van der Waals surface area contributed by atoms with E-state index >= 15 is 0 Å². The van der Waals surface area contributed by atoms with Gasteiger partial charge in [-0.3, -0.25) is 4.90 Å². The number of halogens is 2. The number of rotatable bonds is 8. The summed E-state index contributed by atoms with van der Waals surface area (Å²) >= 11 is 12.3. The Bertz CT molecular complexity index is 1120. The number of nitrogens with zero attached hydrogens (tertiary/aromatic N) is 1. The first-order chi connectivity index (χ1) is 16.4. The van der Waals surface area contributed by atoms with Gasteiger partial charge in [0.2, 0.25) is 0 Å². The van der Waals surface area contributed by atoms with Crippen molar-refractivity contribution in [1.29, 1.82) is 0 Å². The molecule has 1 aliphatic rings. The molecule has 178 valence electrons. The smallest absolute Gasteiger partial charge is 0.335 e. The predicted molar refractivity (Wildman–Crippen MR) is 134 cm³/mol. The maximum atomic E-state index is 11.4. The summed E-state index contributed by atoms with van der Waals surface area (Å²) in [6.45, 7) is 1.93. The van der Waals surface area contributed by atoms with Gasteiger partial charge in [-0.05, 0) is 60.8 Å². The van der Waals surface area contributed by atoms with Crippen LogP contribution in [-0.4, -0.2) is 35.7 Å². The third-order valence-electron chi connectivity index (χ3n) is 6.11. The van der Waals surface area contributed by atoms with Crippen LogP contribution in [0.3, 0.4) is 0 Å². The molecule has 0 aliphatic carbocycles. The topological polar surface area (TPSA) is 59.0 Å². The first kappa shape index (κ1) is 24.6. The van der Waals surface area contributed by atoms with E-state index in [0.29, 0.717) is 28.9 Å². The zero-order chi connectivity index (χ0) is 24.1. The molecule has 0 radical (unpaired) electrons. The summed E-state index contributed by atoms with van der Waals surface area (Å²) in [7, 11) is 1.57. The number of carboxylic acids is 1. The molecule has 34 heavy (non-hydrogen) atoms. The van der Waals surface area contributed by atoms with Crippen LogP contribution < -0.4 is 4.74 Å². The van der Waals surface area contributed by atoms with E-state index in [0.717, 1.165) is 30.5 Å². The number of aromatic carboxylic acids is 1. The van der Waals surface area contributed by atoms with Crippen molar-refractivity contribution in [1.82, 2.24) is 4.90 Å². The first-order valence-electron chi connectivity index (χ1n) is 11.2. The minimum absolute atomic E-state index is 0.0294. The van der Waals surface area contributed by atoms with Gasteiger partial charge in [0.1, 0.15) is 5.75 Å². The fourth-order valence-electron chi connectivity index (χ4n) is 4.58. The molecule has 1 fully saturated rings. The molecule has 4 rings (SSSR count). The van der Waals surface area contributed by atoms with Gasteiger partial charge in [-0.15, -0.1) is 0 Å². The van der Waals surface area contributed by atoms with E-state index in [1.54, 1.807) is 25.3 Å². The molecule has 0 unspecified atom stereocenters. The maximum absolute atomic E-state index is 11.4. The molecule has 1 saturated heterocycles. The highest BCUT2D eigenvalue weighted by Crippen LogP contribution is 2.36. The van der Waals surface area contributed by atoms with Crippen LogP contribution in [-0.2, 0) is 17.9 Å². The van der Waals surface area contributed by atoms with Crippen LogP contribution in [0.25, 0.3) is 0 Å². The van der Waals surface area contributed by atoms with Gasteiger partial charge in [0.15, 0.2) is 0 Å². The molecule has 0 amide bonds. The number of hydrogen-bond acceptors (Lipinski definition) is 4. The van der Waals surface area contributed by atoms with Gasteiger partial charge in [0, 0.05) is 22.2 Å². The molecule has 1 heterocycles. The Kier molecular flexibility index (Phi) is 8.11. The highest BCUT2D eigenvalue weighted by Gasteiger charge is 2.34. The quantitative estimate of drug-likeness (QED) is 0.377. The normalized spacial score (nSPS) is 18.6. The molecule has 3 aromatic rings. The second kappa shape index (κ2) is 11.2. The Hall–Kier alpha value is -2.57. The number of benzene rings is 3. The molecule has 0 spiro atoms. The molecule has 7 heteroatoms. The molecule has 2 atom stereocenters. The highest BCUT2D eigenvalue weighted by atomic mass is 35.5. The number of likely N-dealkylation sites (tertiary alicyclic amines) is 1. The van der Waals surface area contributed by atoms with Gasteiger partial charge >= 0.3 is 5.97 Å². The number of carbonyl (C=O) groups is 1. The molecular formula is C27H27Cl2NO4. The minimum atomic E-state index is -0.973. The number of ether oxygens (including phenoxy) is 2. The maximum Gasteiger partial charge on any atom is 0.335 e. The van der Waals surface area contributed by atoms with E-state index in [9.17, 15) is 9.90 Å². The average molecular weight is 500 g/mol. The van der Waals surface area contributed by atoms with Crippen molar-refractivity contribution < 1.29 is 19.4 Å². The van der Waals surface area contributed by atoms with Gasteiger partial charge < -0.3 is 14.6 Å². The summed E-state index contributed by atoms with van der Waals surface area (Å²) in [6.07, 6.45) is 1.89. The van der Waals surface area contributed by atoms with Crippen molar-refractivity contribution in [2.75, 3.05) is 13.7 Å².